The van der Waals surface area contributed by atoms with Crippen molar-refractivity contribution in [1.82, 2.24) is 39.7 Å². The standard InChI is InChI=1S/C25H23F2N9O/c1-13-9-17(21(26)27)35-36(13)16-7-3-14(4-8-16)10-28-23-20-24(31-11-30-20)34-22(33-23)18-19(15-5-6-15)29-12-32-25(18)37-2/h3-4,7-9,11-12,15,21H,5-6,10H2,1-2H3,(H2,28,30,31,33,34). The number of imidazole rings is 1. The third-order valence-electron chi connectivity index (χ3n) is 6.28. The number of halogens is 2. The lowest BCUT2D eigenvalue weighted by Crippen LogP contribution is -2.07. The molecule has 0 radical (unpaired) electrons. The van der Waals surface area contributed by atoms with Crippen LogP contribution in [-0.2, 0) is 6.54 Å². The highest BCUT2D eigenvalue weighted by Crippen LogP contribution is 2.45. The Kier molecular flexibility index (Phi) is 5.70. The van der Waals surface area contributed by atoms with Crippen LogP contribution in [0, 0.1) is 6.92 Å². The van der Waals surface area contributed by atoms with Crippen molar-refractivity contribution in [3.05, 3.63) is 65.6 Å². The fraction of sp³-hybridized carbons (Fsp3) is 0.280. The minimum absolute atomic E-state index is 0.239. The number of rotatable bonds is 8. The van der Waals surface area contributed by atoms with Gasteiger partial charge in [0.25, 0.3) is 6.43 Å². The number of nitrogens with one attached hydrogen (secondary N) is 2. The Labute approximate surface area is 210 Å². The number of hydrogen-bond donors (Lipinski definition) is 2. The van der Waals surface area contributed by atoms with E-state index in [-0.39, 0.29) is 5.69 Å². The van der Waals surface area contributed by atoms with E-state index in [0.29, 0.717) is 58.1 Å². The Hall–Kier alpha value is -4.48. The van der Waals surface area contributed by atoms with Crippen LogP contribution >= 0.6 is 0 Å². The van der Waals surface area contributed by atoms with Crippen LogP contribution < -0.4 is 10.1 Å². The highest BCUT2D eigenvalue weighted by molar-refractivity contribution is 5.85. The van der Waals surface area contributed by atoms with Gasteiger partial charge in [0, 0.05) is 18.2 Å². The van der Waals surface area contributed by atoms with Crippen LogP contribution in [0.5, 0.6) is 5.88 Å². The summed E-state index contributed by atoms with van der Waals surface area (Å²) in [6.45, 7) is 2.21. The van der Waals surface area contributed by atoms with Gasteiger partial charge in [-0.1, -0.05) is 12.1 Å². The summed E-state index contributed by atoms with van der Waals surface area (Å²) in [5.74, 6) is 1.80. The fourth-order valence-electron chi connectivity index (χ4n) is 4.29. The number of nitrogens with zero attached hydrogens (tertiary/aromatic N) is 7. The second kappa shape index (κ2) is 9.19. The number of methoxy groups -OCH3 is 1. The maximum atomic E-state index is 13.0. The molecule has 188 valence electrons. The molecule has 0 spiro atoms. The Balaban J connectivity index is 1.29. The molecular weight excluding hydrogens is 480 g/mol. The molecule has 1 fully saturated rings. The third kappa shape index (κ3) is 4.34. The molecule has 0 aliphatic heterocycles. The second-order valence-corrected chi connectivity index (χ2v) is 8.86. The minimum Gasteiger partial charge on any atom is -0.480 e. The van der Waals surface area contributed by atoms with Crippen LogP contribution in [0.25, 0.3) is 28.2 Å². The van der Waals surface area contributed by atoms with E-state index < -0.39 is 6.43 Å². The van der Waals surface area contributed by atoms with E-state index in [4.69, 9.17) is 9.72 Å². The summed E-state index contributed by atoms with van der Waals surface area (Å²) in [5, 5.41) is 7.38. The molecule has 6 rings (SSSR count). The summed E-state index contributed by atoms with van der Waals surface area (Å²) in [7, 11) is 1.57. The topological polar surface area (TPSA) is 119 Å². The monoisotopic (exact) mass is 503 g/mol. The number of hydrogen-bond acceptors (Lipinski definition) is 8. The first kappa shape index (κ1) is 23.0. The molecule has 4 aromatic heterocycles. The number of alkyl halides is 2. The highest BCUT2D eigenvalue weighted by Gasteiger charge is 2.31. The number of aromatic amines is 1. The Bertz CT molecular complexity index is 1580. The summed E-state index contributed by atoms with van der Waals surface area (Å²) in [6.07, 6.45) is 2.58. The first-order valence-corrected chi connectivity index (χ1v) is 11.8. The highest BCUT2D eigenvalue weighted by atomic mass is 19.3. The predicted molar refractivity (Wildman–Crippen MR) is 132 cm³/mol. The lowest BCUT2D eigenvalue weighted by Gasteiger charge is -2.13. The van der Waals surface area contributed by atoms with E-state index in [1.165, 1.54) is 17.1 Å². The summed E-state index contributed by atoms with van der Waals surface area (Å²) >= 11 is 0. The van der Waals surface area contributed by atoms with E-state index in [2.05, 4.69) is 35.3 Å². The zero-order chi connectivity index (χ0) is 25.5. The summed E-state index contributed by atoms with van der Waals surface area (Å²) in [5.41, 5.74) is 4.83. The third-order valence-corrected chi connectivity index (χ3v) is 6.28. The number of benzene rings is 1. The van der Waals surface area contributed by atoms with Crippen molar-refractivity contribution in [2.75, 3.05) is 12.4 Å². The zero-order valence-corrected chi connectivity index (χ0v) is 20.1. The number of aromatic nitrogens is 8. The molecule has 0 atom stereocenters. The number of fused-ring (bicyclic) bond motifs is 1. The van der Waals surface area contributed by atoms with Gasteiger partial charge in [0.2, 0.25) is 5.88 Å². The Morgan fingerprint density at radius 1 is 1.14 bits per heavy atom. The molecule has 1 aromatic carbocycles. The molecule has 1 aliphatic rings. The van der Waals surface area contributed by atoms with Crippen LogP contribution in [0.3, 0.4) is 0 Å². The fourth-order valence-corrected chi connectivity index (χ4v) is 4.29. The largest absolute Gasteiger partial charge is 0.480 e. The van der Waals surface area contributed by atoms with Crippen molar-refractivity contribution in [1.29, 1.82) is 0 Å². The predicted octanol–water partition coefficient (Wildman–Crippen LogP) is 4.74. The molecule has 0 bridgehead atoms. The molecule has 2 N–H and O–H groups in total. The van der Waals surface area contributed by atoms with Crippen molar-refractivity contribution in [3.8, 4) is 23.0 Å². The molecular formula is C25H23F2N9O. The Morgan fingerprint density at radius 2 is 1.95 bits per heavy atom. The lowest BCUT2D eigenvalue weighted by atomic mass is 10.1. The first-order chi connectivity index (χ1) is 18.0. The second-order valence-electron chi connectivity index (χ2n) is 8.86. The summed E-state index contributed by atoms with van der Waals surface area (Å²) in [6, 6.07) is 8.91. The normalized spacial score (nSPS) is 13.4. The van der Waals surface area contributed by atoms with Crippen LogP contribution in [0.1, 0.15) is 47.8 Å². The number of anilines is 1. The van der Waals surface area contributed by atoms with Gasteiger partial charge >= 0.3 is 0 Å². The Morgan fingerprint density at radius 3 is 2.65 bits per heavy atom. The molecule has 37 heavy (non-hydrogen) atoms. The maximum Gasteiger partial charge on any atom is 0.282 e. The molecule has 4 heterocycles. The van der Waals surface area contributed by atoms with E-state index in [9.17, 15) is 8.78 Å². The van der Waals surface area contributed by atoms with Gasteiger partial charge in [-0.2, -0.15) is 5.10 Å². The maximum absolute atomic E-state index is 13.0. The number of H-pyrrole nitrogens is 1. The van der Waals surface area contributed by atoms with Gasteiger partial charge in [0.1, 0.15) is 23.1 Å². The minimum atomic E-state index is -2.61. The molecule has 10 nitrogen and oxygen atoms in total. The average Bonchev–Trinajstić information content (AvgIpc) is 3.52. The van der Waals surface area contributed by atoms with Crippen LogP contribution in [0.2, 0.25) is 0 Å². The first-order valence-electron chi connectivity index (χ1n) is 11.8. The quantitative estimate of drug-likeness (QED) is 0.312. The van der Waals surface area contributed by atoms with E-state index >= 15 is 0 Å². The molecule has 12 heteroatoms. The smallest absolute Gasteiger partial charge is 0.282 e. The number of aryl methyl sites for hydroxylation is 1. The van der Waals surface area contributed by atoms with E-state index in [1.54, 1.807) is 20.4 Å². The van der Waals surface area contributed by atoms with Crippen molar-refractivity contribution in [2.45, 2.75) is 38.7 Å². The number of ether oxygens (including phenoxy) is 1. The van der Waals surface area contributed by atoms with Crippen LogP contribution in [0.4, 0.5) is 14.6 Å². The van der Waals surface area contributed by atoms with Gasteiger partial charge in [0.15, 0.2) is 17.3 Å². The average molecular weight is 504 g/mol. The van der Waals surface area contributed by atoms with E-state index in [0.717, 1.165) is 24.1 Å². The molecule has 0 saturated heterocycles. The summed E-state index contributed by atoms with van der Waals surface area (Å²) in [4.78, 5) is 25.7. The van der Waals surface area contributed by atoms with Gasteiger partial charge in [-0.05, 0) is 43.5 Å². The van der Waals surface area contributed by atoms with Gasteiger partial charge in [-0.15, -0.1) is 0 Å². The SMILES string of the molecule is COc1ncnc(C2CC2)c1-c1nc(NCc2ccc(-n3nc(C(F)F)cc3C)cc2)c2[nH]cnc2n1. The molecule has 0 amide bonds. The van der Waals surface area contributed by atoms with Crippen molar-refractivity contribution in [3.63, 3.8) is 0 Å². The van der Waals surface area contributed by atoms with Crippen LogP contribution in [-0.4, -0.2) is 46.8 Å². The van der Waals surface area contributed by atoms with Crippen molar-refractivity contribution < 1.29 is 13.5 Å². The summed E-state index contributed by atoms with van der Waals surface area (Å²) < 4.78 is 33.1. The van der Waals surface area contributed by atoms with Crippen molar-refractivity contribution >= 4 is 17.0 Å². The van der Waals surface area contributed by atoms with Crippen LogP contribution in [0.15, 0.2) is 43.0 Å². The van der Waals surface area contributed by atoms with E-state index in [1.807, 2.05) is 24.3 Å². The van der Waals surface area contributed by atoms with Gasteiger partial charge in [0.05, 0.1) is 24.8 Å². The molecule has 5 aromatic rings. The van der Waals surface area contributed by atoms with Gasteiger partial charge < -0.3 is 15.0 Å². The van der Waals surface area contributed by atoms with Crippen molar-refractivity contribution in [2.24, 2.45) is 0 Å². The van der Waals surface area contributed by atoms with Gasteiger partial charge in [-0.25, -0.2) is 38.4 Å². The van der Waals surface area contributed by atoms with Gasteiger partial charge in [-0.3, -0.25) is 0 Å². The molecule has 1 saturated carbocycles. The molecule has 1 aliphatic carbocycles. The zero-order valence-electron chi connectivity index (χ0n) is 20.1. The molecule has 0 unspecified atom stereocenters. The lowest BCUT2D eigenvalue weighted by molar-refractivity contribution is 0.145.